The van der Waals surface area contributed by atoms with E-state index >= 15 is 0 Å². The molecule has 1 aliphatic heterocycles. The van der Waals surface area contributed by atoms with E-state index in [-0.39, 0.29) is 12.5 Å². The van der Waals surface area contributed by atoms with Gasteiger partial charge in [0.2, 0.25) is 6.10 Å². The molecule has 0 saturated carbocycles. The Morgan fingerprint density at radius 1 is 1.28 bits per heavy atom. The predicted molar refractivity (Wildman–Crippen MR) is 94.2 cm³/mol. The van der Waals surface area contributed by atoms with Crippen molar-refractivity contribution < 1.29 is 19.0 Å². The fourth-order valence-electron chi connectivity index (χ4n) is 2.23. The molecule has 0 bridgehead atoms. The second-order valence-electron chi connectivity index (χ2n) is 5.27. The number of carbonyl (C=O) groups excluding carboxylic acids is 1. The summed E-state index contributed by atoms with van der Waals surface area (Å²) in [4.78, 5) is 12.1. The van der Waals surface area contributed by atoms with E-state index in [2.05, 4.69) is 17.1 Å². The van der Waals surface area contributed by atoms with Crippen molar-refractivity contribution in [3.05, 3.63) is 66.7 Å². The second-order valence-corrected chi connectivity index (χ2v) is 5.27. The summed E-state index contributed by atoms with van der Waals surface area (Å²) in [6, 6.07) is 14.6. The number of amides is 1. The van der Waals surface area contributed by atoms with Gasteiger partial charge in [0.15, 0.2) is 11.5 Å². The molecule has 6 heteroatoms. The van der Waals surface area contributed by atoms with Crippen LogP contribution < -0.4 is 19.6 Å². The van der Waals surface area contributed by atoms with Gasteiger partial charge in [-0.15, -0.1) is 0 Å². The van der Waals surface area contributed by atoms with Gasteiger partial charge in [-0.3, -0.25) is 4.79 Å². The first kappa shape index (κ1) is 16.6. The highest BCUT2D eigenvalue weighted by atomic mass is 16.6. The zero-order chi connectivity index (χ0) is 17.5. The van der Waals surface area contributed by atoms with Gasteiger partial charge >= 0.3 is 0 Å². The van der Waals surface area contributed by atoms with Gasteiger partial charge in [-0.1, -0.05) is 36.9 Å². The van der Waals surface area contributed by atoms with Crippen LogP contribution in [0.5, 0.6) is 17.2 Å². The summed E-state index contributed by atoms with van der Waals surface area (Å²) < 4.78 is 16.6. The molecular weight excluding hydrogens is 320 g/mol. The maximum Gasteiger partial charge on any atom is 0.284 e. The van der Waals surface area contributed by atoms with Gasteiger partial charge in [0, 0.05) is 0 Å². The molecule has 1 N–H and O–H groups in total. The first-order valence-corrected chi connectivity index (χ1v) is 7.81. The maximum absolute atomic E-state index is 12.1. The Morgan fingerprint density at radius 3 is 2.96 bits per heavy atom. The number of para-hydroxylation sites is 2. The van der Waals surface area contributed by atoms with Crippen LogP contribution in [0.2, 0.25) is 0 Å². The number of fused-ring (bicyclic) bond motifs is 1. The van der Waals surface area contributed by atoms with E-state index in [4.69, 9.17) is 14.2 Å². The summed E-state index contributed by atoms with van der Waals surface area (Å²) in [5.41, 5.74) is 3.26. The van der Waals surface area contributed by atoms with Crippen LogP contribution in [0.4, 0.5) is 0 Å². The molecule has 1 atom stereocenters. The quantitative estimate of drug-likeness (QED) is 0.499. The number of benzene rings is 2. The van der Waals surface area contributed by atoms with E-state index in [1.807, 2.05) is 36.4 Å². The van der Waals surface area contributed by atoms with Crippen LogP contribution in [0, 0.1) is 0 Å². The fraction of sp³-hybridized carbons (Fsp3) is 0.158. The van der Waals surface area contributed by atoms with Crippen molar-refractivity contribution in [1.29, 1.82) is 0 Å². The normalized spacial score (nSPS) is 15.6. The van der Waals surface area contributed by atoms with Gasteiger partial charge in [-0.2, -0.15) is 5.10 Å². The lowest BCUT2D eigenvalue weighted by Gasteiger charge is -2.24. The van der Waals surface area contributed by atoms with Crippen LogP contribution in [0.15, 0.2) is 66.3 Å². The van der Waals surface area contributed by atoms with Gasteiger partial charge in [-0.05, 0) is 29.8 Å². The molecule has 0 unspecified atom stereocenters. The number of hydrogen-bond acceptors (Lipinski definition) is 5. The third kappa shape index (κ3) is 4.38. The highest BCUT2D eigenvalue weighted by Crippen LogP contribution is 2.30. The number of nitrogens with one attached hydrogen (secondary N) is 1. The second kappa shape index (κ2) is 8.01. The Bertz CT molecular complexity index is 788. The molecule has 6 nitrogen and oxygen atoms in total. The molecule has 0 saturated heterocycles. The lowest BCUT2D eigenvalue weighted by Crippen LogP contribution is -2.42. The monoisotopic (exact) mass is 338 g/mol. The van der Waals surface area contributed by atoms with Gasteiger partial charge in [-0.25, -0.2) is 5.43 Å². The Balaban J connectivity index is 1.56. The SMILES string of the molecule is C=CCOc1cccc(/C=N\NC(=O)[C@@H]2COc3ccccc3O2)c1. The molecule has 2 aromatic rings. The zero-order valence-corrected chi connectivity index (χ0v) is 13.6. The fourth-order valence-corrected chi connectivity index (χ4v) is 2.23. The molecule has 1 aliphatic rings. The number of ether oxygens (including phenoxy) is 3. The molecule has 128 valence electrons. The summed E-state index contributed by atoms with van der Waals surface area (Å²) in [5.74, 6) is 1.51. The first-order chi connectivity index (χ1) is 12.3. The van der Waals surface area contributed by atoms with Crippen LogP contribution >= 0.6 is 0 Å². The van der Waals surface area contributed by atoms with Crippen LogP contribution in [-0.2, 0) is 4.79 Å². The van der Waals surface area contributed by atoms with Crippen molar-refractivity contribution in [3.8, 4) is 17.2 Å². The average molecular weight is 338 g/mol. The van der Waals surface area contributed by atoms with Crippen molar-refractivity contribution in [2.75, 3.05) is 13.2 Å². The summed E-state index contributed by atoms with van der Waals surface area (Å²) in [6.45, 7) is 4.18. The standard InChI is InChI=1S/C19H18N2O4/c1-2-10-23-15-7-5-6-14(11-15)12-20-21-19(22)18-13-24-16-8-3-4-9-17(16)25-18/h2-9,11-12,18H,1,10,13H2,(H,21,22)/b20-12-/t18-/m0/s1. The third-order valence-electron chi connectivity index (χ3n) is 3.42. The summed E-state index contributed by atoms with van der Waals surface area (Å²) in [7, 11) is 0. The molecule has 0 spiro atoms. The maximum atomic E-state index is 12.1. The van der Waals surface area contributed by atoms with Gasteiger partial charge in [0.1, 0.15) is 19.0 Å². The molecule has 1 amide bonds. The highest BCUT2D eigenvalue weighted by molar-refractivity contribution is 5.85. The van der Waals surface area contributed by atoms with E-state index in [1.54, 1.807) is 18.2 Å². The molecule has 0 aliphatic carbocycles. The Labute approximate surface area is 145 Å². The minimum atomic E-state index is -0.741. The molecule has 0 fully saturated rings. The van der Waals surface area contributed by atoms with Crippen LogP contribution in [0.3, 0.4) is 0 Å². The Hall–Kier alpha value is -3.28. The number of nitrogens with zero attached hydrogens (tertiary/aromatic N) is 1. The van der Waals surface area contributed by atoms with Crippen molar-refractivity contribution >= 4 is 12.1 Å². The van der Waals surface area contributed by atoms with E-state index < -0.39 is 6.10 Å². The third-order valence-corrected chi connectivity index (χ3v) is 3.42. The van der Waals surface area contributed by atoms with Gasteiger partial charge < -0.3 is 14.2 Å². The smallest absolute Gasteiger partial charge is 0.284 e. The number of hydrazone groups is 1. The highest BCUT2D eigenvalue weighted by Gasteiger charge is 2.26. The summed E-state index contributed by atoms with van der Waals surface area (Å²) in [6.07, 6.45) is 2.47. The molecule has 2 aromatic carbocycles. The number of carbonyl (C=O) groups is 1. The lowest BCUT2D eigenvalue weighted by molar-refractivity contribution is -0.130. The van der Waals surface area contributed by atoms with E-state index in [9.17, 15) is 4.79 Å². The Kier molecular flexibility index (Phi) is 5.31. The first-order valence-electron chi connectivity index (χ1n) is 7.81. The molecule has 1 heterocycles. The van der Waals surface area contributed by atoms with Crippen LogP contribution in [0.1, 0.15) is 5.56 Å². The summed E-state index contributed by atoms with van der Waals surface area (Å²) >= 11 is 0. The zero-order valence-electron chi connectivity index (χ0n) is 13.6. The molecule has 0 aromatic heterocycles. The van der Waals surface area contributed by atoms with Crippen molar-refractivity contribution in [3.63, 3.8) is 0 Å². The Morgan fingerprint density at radius 2 is 2.12 bits per heavy atom. The molecule has 3 rings (SSSR count). The van der Waals surface area contributed by atoms with Gasteiger partial charge in [0.25, 0.3) is 5.91 Å². The van der Waals surface area contributed by atoms with Crippen LogP contribution in [0.25, 0.3) is 0 Å². The summed E-state index contributed by atoms with van der Waals surface area (Å²) in [5, 5.41) is 3.96. The van der Waals surface area contributed by atoms with Crippen molar-refractivity contribution in [2.24, 2.45) is 5.10 Å². The molecular formula is C19H18N2O4. The van der Waals surface area contributed by atoms with E-state index in [1.165, 1.54) is 6.21 Å². The van der Waals surface area contributed by atoms with Crippen LogP contribution in [-0.4, -0.2) is 31.4 Å². The van der Waals surface area contributed by atoms with E-state index in [0.717, 1.165) is 5.56 Å². The van der Waals surface area contributed by atoms with E-state index in [0.29, 0.717) is 23.9 Å². The van der Waals surface area contributed by atoms with Crippen molar-refractivity contribution in [2.45, 2.75) is 6.10 Å². The van der Waals surface area contributed by atoms with Crippen molar-refractivity contribution in [1.82, 2.24) is 5.43 Å². The topological polar surface area (TPSA) is 69.2 Å². The van der Waals surface area contributed by atoms with Gasteiger partial charge in [0.05, 0.1) is 6.21 Å². The number of hydrogen-bond donors (Lipinski definition) is 1. The lowest BCUT2D eigenvalue weighted by atomic mass is 10.2. The average Bonchev–Trinajstić information content (AvgIpc) is 2.66. The minimum Gasteiger partial charge on any atom is -0.490 e. The minimum absolute atomic E-state index is 0.142. The largest absolute Gasteiger partial charge is 0.490 e. The predicted octanol–water partition coefficient (Wildman–Crippen LogP) is 2.54. The number of rotatable bonds is 6. The molecule has 0 radical (unpaired) electrons. The molecule has 25 heavy (non-hydrogen) atoms.